The van der Waals surface area contributed by atoms with E-state index in [1.54, 1.807) is 6.20 Å². The Labute approximate surface area is 122 Å². The molecule has 118 valence electrons. The molecular formula is C13H22N4O4. The van der Waals surface area contributed by atoms with Crippen molar-refractivity contribution in [3.63, 3.8) is 0 Å². The molecule has 0 bridgehead atoms. The van der Waals surface area contributed by atoms with Gasteiger partial charge in [0.15, 0.2) is 0 Å². The van der Waals surface area contributed by atoms with Gasteiger partial charge in [-0.2, -0.15) is 0 Å². The van der Waals surface area contributed by atoms with Crippen molar-refractivity contribution in [3.05, 3.63) is 18.2 Å². The van der Waals surface area contributed by atoms with Crippen molar-refractivity contribution in [2.75, 3.05) is 6.54 Å². The molecule has 0 aromatic carbocycles. The van der Waals surface area contributed by atoms with Gasteiger partial charge >= 0.3 is 11.9 Å². The zero-order valence-corrected chi connectivity index (χ0v) is 12.2. The molecule has 2 unspecified atom stereocenters. The van der Waals surface area contributed by atoms with Gasteiger partial charge in [0.2, 0.25) is 0 Å². The Morgan fingerprint density at radius 1 is 1.52 bits per heavy atom. The molecule has 0 radical (unpaired) electrons. The molecule has 0 amide bonds. The fraction of sp³-hybridized carbons (Fsp3) is 0.615. The summed E-state index contributed by atoms with van der Waals surface area (Å²) in [4.78, 5) is 27.3. The van der Waals surface area contributed by atoms with E-state index < -0.39 is 18.0 Å². The third-order valence-corrected chi connectivity index (χ3v) is 3.46. The van der Waals surface area contributed by atoms with Gasteiger partial charge in [-0.15, -0.1) is 0 Å². The van der Waals surface area contributed by atoms with Crippen molar-refractivity contribution in [3.8, 4) is 0 Å². The molecule has 1 aliphatic rings. The van der Waals surface area contributed by atoms with Gasteiger partial charge < -0.3 is 26.2 Å². The predicted octanol–water partition coefficient (Wildman–Crippen LogP) is -0.177. The third-order valence-electron chi connectivity index (χ3n) is 3.46. The highest BCUT2D eigenvalue weighted by molar-refractivity contribution is 5.75. The van der Waals surface area contributed by atoms with Gasteiger partial charge in [-0.3, -0.25) is 9.59 Å². The summed E-state index contributed by atoms with van der Waals surface area (Å²) in [5, 5.41) is 20.1. The Bertz CT molecular complexity index is 473. The topological polar surface area (TPSA) is 141 Å². The van der Waals surface area contributed by atoms with Crippen molar-refractivity contribution < 1.29 is 19.8 Å². The van der Waals surface area contributed by atoms with Crippen LogP contribution in [0, 0.1) is 5.41 Å². The maximum atomic E-state index is 10.6. The van der Waals surface area contributed by atoms with Crippen molar-refractivity contribution in [1.82, 2.24) is 15.3 Å². The maximum absolute atomic E-state index is 10.6. The average Bonchev–Trinajstić information content (AvgIpc) is 2.98. The number of hydrogen-bond acceptors (Lipinski definition) is 5. The molecule has 2 rings (SSSR count). The van der Waals surface area contributed by atoms with Crippen LogP contribution in [0.25, 0.3) is 0 Å². The van der Waals surface area contributed by atoms with Crippen LogP contribution in [0.1, 0.15) is 26.0 Å². The molecule has 2 heterocycles. The molecule has 8 nitrogen and oxygen atoms in total. The van der Waals surface area contributed by atoms with Gasteiger partial charge in [0.25, 0.3) is 0 Å². The minimum Gasteiger partial charge on any atom is -0.480 e. The second-order valence-electron chi connectivity index (χ2n) is 5.69. The second kappa shape index (κ2) is 7.19. The lowest BCUT2D eigenvalue weighted by molar-refractivity contribution is -0.141. The molecule has 0 aliphatic carbocycles. The zero-order chi connectivity index (χ0) is 16.0. The number of nitrogens with one attached hydrogen (secondary N) is 2. The number of rotatable bonds is 4. The molecule has 8 heteroatoms. The normalized spacial score (nSPS) is 21.2. The van der Waals surface area contributed by atoms with E-state index in [0.717, 1.165) is 18.7 Å². The number of imidazole rings is 1. The van der Waals surface area contributed by atoms with Crippen LogP contribution in [0.3, 0.4) is 0 Å². The third kappa shape index (κ3) is 5.16. The minimum atomic E-state index is -1.00. The fourth-order valence-electron chi connectivity index (χ4n) is 2.10. The van der Waals surface area contributed by atoms with Crippen molar-refractivity contribution in [2.24, 2.45) is 11.1 Å². The largest absolute Gasteiger partial charge is 0.480 e. The van der Waals surface area contributed by atoms with Crippen LogP contribution in [-0.2, 0) is 16.0 Å². The lowest BCUT2D eigenvalue weighted by Crippen LogP contribution is -2.39. The van der Waals surface area contributed by atoms with Crippen LogP contribution in [0.2, 0.25) is 0 Å². The average molecular weight is 298 g/mol. The van der Waals surface area contributed by atoms with Crippen LogP contribution >= 0.6 is 0 Å². The molecule has 0 saturated carbocycles. The van der Waals surface area contributed by atoms with E-state index in [-0.39, 0.29) is 17.9 Å². The number of aromatic nitrogens is 2. The first-order chi connectivity index (χ1) is 9.74. The molecule has 0 spiro atoms. The molecule has 1 aliphatic heterocycles. The first-order valence-corrected chi connectivity index (χ1v) is 6.66. The number of aliphatic carboxylic acids is 2. The predicted molar refractivity (Wildman–Crippen MR) is 75.7 cm³/mol. The first kappa shape index (κ1) is 17.1. The standard InChI is InChI=1S/C7H13NO2.C6H9N3O2/c1-7(2)3-4-8-5(7)6(9)10;7-5(6(10)11)1-4-2-8-3-9-4/h5,8H,3-4H2,1-2H3,(H,9,10);2-3,5H,1,7H2,(H,8,9)(H,10,11). The number of carboxylic acids is 2. The van der Waals surface area contributed by atoms with Gasteiger partial charge in [-0.05, 0) is 18.4 Å². The van der Waals surface area contributed by atoms with Gasteiger partial charge in [0.05, 0.1) is 6.33 Å². The smallest absolute Gasteiger partial charge is 0.321 e. The molecule has 1 fully saturated rings. The summed E-state index contributed by atoms with van der Waals surface area (Å²) >= 11 is 0. The number of H-pyrrole nitrogens is 1. The number of hydrogen-bond donors (Lipinski definition) is 5. The second-order valence-corrected chi connectivity index (χ2v) is 5.69. The highest BCUT2D eigenvalue weighted by Gasteiger charge is 2.38. The molecule has 1 aromatic rings. The zero-order valence-electron chi connectivity index (χ0n) is 12.2. The van der Waals surface area contributed by atoms with Gasteiger partial charge in [-0.1, -0.05) is 13.8 Å². The van der Waals surface area contributed by atoms with E-state index in [1.807, 2.05) is 13.8 Å². The van der Waals surface area contributed by atoms with Crippen LogP contribution in [0.5, 0.6) is 0 Å². The summed E-state index contributed by atoms with van der Waals surface area (Å²) in [7, 11) is 0. The number of nitrogens with zero attached hydrogens (tertiary/aromatic N) is 1. The SMILES string of the molecule is CC1(C)CCNC1C(=O)O.NC(Cc1cnc[nH]1)C(=O)O. The van der Waals surface area contributed by atoms with Crippen LogP contribution < -0.4 is 11.1 Å². The van der Waals surface area contributed by atoms with Crippen LogP contribution in [-0.4, -0.2) is 50.7 Å². The van der Waals surface area contributed by atoms with E-state index in [1.165, 1.54) is 6.33 Å². The minimum absolute atomic E-state index is 0.0775. The van der Waals surface area contributed by atoms with E-state index >= 15 is 0 Å². The number of carboxylic acid groups (broad SMARTS) is 2. The summed E-state index contributed by atoms with van der Waals surface area (Å²) < 4.78 is 0. The summed E-state index contributed by atoms with van der Waals surface area (Å²) in [6, 6.07) is -1.21. The van der Waals surface area contributed by atoms with Crippen molar-refractivity contribution >= 4 is 11.9 Å². The Kier molecular flexibility index (Phi) is 5.86. The maximum Gasteiger partial charge on any atom is 0.321 e. The highest BCUT2D eigenvalue weighted by Crippen LogP contribution is 2.29. The summed E-state index contributed by atoms with van der Waals surface area (Å²) in [5.74, 6) is -1.73. The molecule has 6 N–H and O–H groups in total. The Balaban J connectivity index is 0.000000211. The fourth-order valence-corrected chi connectivity index (χ4v) is 2.10. The quantitative estimate of drug-likeness (QED) is 0.519. The van der Waals surface area contributed by atoms with E-state index in [9.17, 15) is 9.59 Å². The van der Waals surface area contributed by atoms with Crippen molar-refractivity contribution in [2.45, 2.75) is 38.8 Å². The number of carbonyl (C=O) groups is 2. The lowest BCUT2D eigenvalue weighted by Gasteiger charge is -2.21. The van der Waals surface area contributed by atoms with Crippen molar-refractivity contribution in [1.29, 1.82) is 0 Å². The first-order valence-electron chi connectivity index (χ1n) is 6.66. The van der Waals surface area contributed by atoms with Gasteiger partial charge in [0, 0.05) is 18.3 Å². The Hall–Kier alpha value is -1.93. The van der Waals surface area contributed by atoms with Gasteiger partial charge in [0.1, 0.15) is 12.1 Å². The summed E-state index contributed by atoms with van der Waals surface area (Å²) in [5.41, 5.74) is 5.92. The summed E-state index contributed by atoms with van der Waals surface area (Å²) in [6.07, 6.45) is 4.28. The van der Waals surface area contributed by atoms with E-state index in [4.69, 9.17) is 15.9 Å². The van der Waals surface area contributed by atoms with Gasteiger partial charge in [-0.25, -0.2) is 4.98 Å². The highest BCUT2D eigenvalue weighted by atomic mass is 16.4. The Morgan fingerprint density at radius 2 is 2.19 bits per heavy atom. The van der Waals surface area contributed by atoms with E-state index in [2.05, 4.69) is 15.3 Å². The van der Waals surface area contributed by atoms with E-state index in [0.29, 0.717) is 0 Å². The Morgan fingerprint density at radius 3 is 2.52 bits per heavy atom. The molecule has 1 aromatic heterocycles. The molecule has 2 atom stereocenters. The molecular weight excluding hydrogens is 276 g/mol. The number of aromatic amines is 1. The van der Waals surface area contributed by atoms with Crippen LogP contribution in [0.4, 0.5) is 0 Å². The monoisotopic (exact) mass is 298 g/mol. The number of nitrogens with two attached hydrogens (primary N) is 1. The molecule has 1 saturated heterocycles. The lowest BCUT2D eigenvalue weighted by atomic mass is 9.85. The summed E-state index contributed by atoms with van der Waals surface area (Å²) in [6.45, 7) is 4.78. The van der Waals surface area contributed by atoms with Crippen LogP contribution in [0.15, 0.2) is 12.5 Å². The molecule has 21 heavy (non-hydrogen) atoms.